The summed E-state index contributed by atoms with van der Waals surface area (Å²) in [5.74, 6) is -0.00274. The van der Waals surface area contributed by atoms with Gasteiger partial charge in [-0.3, -0.25) is 4.79 Å². The third-order valence-corrected chi connectivity index (χ3v) is 5.88. The van der Waals surface area contributed by atoms with E-state index in [0.717, 1.165) is 12.8 Å². The normalized spacial score (nSPS) is 20.3. The fourth-order valence-electron chi connectivity index (χ4n) is 3.81. The summed E-state index contributed by atoms with van der Waals surface area (Å²) < 4.78 is 11.2. The van der Waals surface area contributed by atoms with Gasteiger partial charge in [-0.15, -0.1) is 0 Å². The van der Waals surface area contributed by atoms with Crippen LogP contribution in [0.3, 0.4) is 0 Å². The van der Waals surface area contributed by atoms with Crippen LogP contribution in [0.5, 0.6) is 5.88 Å². The Morgan fingerprint density at radius 3 is 2.90 bits per heavy atom. The average Bonchev–Trinajstić information content (AvgIpc) is 2.79. The van der Waals surface area contributed by atoms with Crippen molar-refractivity contribution in [1.82, 2.24) is 15.6 Å². The van der Waals surface area contributed by atoms with Crippen molar-refractivity contribution in [2.75, 3.05) is 19.8 Å². The number of nitrogens with zero attached hydrogens (tertiary/aromatic N) is 1. The summed E-state index contributed by atoms with van der Waals surface area (Å²) in [6.45, 7) is 2.13. The van der Waals surface area contributed by atoms with Crippen LogP contribution in [-0.4, -0.2) is 54.0 Å². The molecule has 0 aliphatic carbocycles. The SMILES string of the molecule is O=C(NC[C@@H](O)[C@@H]1Cc2ccccc2CN1)c1cc(OC2CCOCC2)ncc1Cl. The van der Waals surface area contributed by atoms with Gasteiger partial charge in [0.2, 0.25) is 5.88 Å². The highest BCUT2D eigenvalue weighted by atomic mass is 35.5. The van der Waals surface area contributed by atoms with E-state index in [4.69, 9.17) is 21.1 Å². The van der Waals surface area contributed by atoms with Crippen molar-refractivity contribution in [3.05, 3.63) is 58.2 Å². The lowest BCUT2D eigenvalue weighted by atomic mass is 9.93. The quantitative estimate of drug-likeness (QED) is 0.648. The van der Waals surface area contributed by atoms with Crippen molar-refractivity contribution in [3.63, 3.8) is 0 Å². The largest absolute Gasteiger partial charge is 0.474 e. The van der Waals surface area contributed by atoms with Crippen LogP contribution < -0.4 is 15.4 Å². The number of ether oxygens (including phenoxy) is 2. The zero-order chi connectivity index (χ0) is 20.9. The van der Waals surface area contributed by atoms with Crippen LogP contribution in [0.1, 0.15) is 34.3 Å². The Labute approximate surface area is 180 Å². The minimum atomic E-state index is -0.721. The van der Waals surface area contributed by atoms with Crippen LogP contribution in [0.2, 0.25) is 5.02 Å². The molecule has 3 N–H and O–H groups in total. The fraction of sp³-hybridized carbons (Fsp3) is 0.455. The lowest BCUT2D eigenvalue weighted by Crippen LogP contribution is -2.49. The van der Waals surface area contributed by atoms with Crippen molar-refractivity contribution in [3.8, 4) is 5.88 Å². The number of aliphatic hydroxyl groups excluding tert-OH is 1. The van der Waals surface area contributed by atoms with Gasteiger partial charge < -0.3 is 25.2 Å². The van der Waals surface area contributed by atoms with Crippen LogP contribution in [0.4, 0.5) is 0 Å². The Kier molecular flexibility index (Phi) is 6.84. The molecule has 2 aliphatic heterocycles. The third kappa shape index (κ3) is 5.10. The molecule has 1 aromatic heterocycles. The van der Waals surface area contributed by atoms with Gasteiger partial charge >= 0.3 is 0 Å². The van der Waals surface area contributed by atoms with E-state index in [1.165, 1.54) is 17.3 Å². The molecule has 0 saturated carbocycles. The Morgan fingerprint density at radius 1 is 1.33 bits per heavy atom. The van der Waals surface area contributed by atoms with E-state index in [9.17, 15) is 9.90 Å². The molecule has 1 aromatic carbocycles. The topological polar surface area (TPSA) is 92.7 Å². The van der Waals surface area contributed by atoms with Crippen molar-refractivity contribution < 1.29 is 19.4 Å². The van der Waals surface area contributed by atoms with Crippen molar-refractivity contribution in [2.24, 2.45) is 0 Å². The number of pyridine rings is 1. The van der Waals surface area contributed by atoms with Crippen LogP contribution >= 0.6 is 11.6 Å². The molecule has 30 heavy (non-hydrogen) atoms. The number of fused-ring (bicyclic) bond motifs is 1. The molecule has 2 atom stereocenters. The van der Waals surface area contributed by atoms with Gasteiger partial charge in [0.25, 0.3) is 5.91 Å². The number of benzene rings is 1. The molecular formula is C22H26ClN3O4. The highest BCUT2D eigenvalue weighted by Gasteiger charge is 2.25. The molecule has 0 spiro atoms. The van der Waals surface area contributed by atoms with E-state index in [-0.39, 0.29) is 35.2 Å². The zero-order valence-corrected chi connectivity index (χ0v) is 17.4. The highest BCUT2D eigenvalue weighted by Crippen LogP contribution is 2.22. The third-order valence-electron chi connectivity index (χ3n) is 5.58. The van der Waals surface area contributed by atoms with Crippen LogP contribution in [0.15, 0.2) is 36.5 Å². The standard InChI is InChI=1S/C22H26ClN3O4/c23-18-12-25-21(30-16-5-7-29-8-6-16)10-17(18)22(28)26-13-20(27)19-9-14-3-1-2-4-15(14)11-24-19/h1-4,10,12,16,19-20,24,27H,5-9,11,13H2,(H,26,28)/t19-,20+/m0/s1. The molecule has 0 bridgehead atoms. The molecule has 7 nitrogen and oxygen atoms in total. The summed E-state index contributed by atoms with van der Waals surface area (Å²) in [5, 5.41) is 16.9. The Morgan fingerprint density at radius 2 is 2.10 bits per heavy atom. The van der Waals surface area contributed by atoms with E-state index in [1.807, 2.05) is 12.1 Å². The van der Waals surface area contributed by atoms with Gasteiger partial charge in [-0.25, -0.2) is 4.98 Å². The van der Waals surface area contributed by atoms with Gasteiger partial charge in [-0.2, -0.15) is 0 Å². The summed E-state index contributed by atoms with van der Waals surface area (Å²) in [6.07, 6.45) is 3.00. The monoisotopic (exact) mass is 431 g/mol. The molecule has 2 aromatic rings. The molecule has 3 heterocycles. The number of nitrogens with one attached hydrogen (secondary N) is 2. The number of halogens is 1. The number of rotatable bonds is 6. The first kappa shape index (κ1) is 21.1. The first-order valence-electron chi connectivity index (χ1n) is 10.3. The number of aromatic nitrogens is 1. The molecule has 1 amide bonds. The van der Waals surface area contributed by atoms with E-state index in [1.54, 1.807) is 6.07 Å². The summed E-state index contributed by atoms with van der Waals surface area (Å²) in [6, 6.07) is 9.59. The smallest absolute Gasteiger partial charge is 0.253 e. The minimum Gasteiger partial charge on any atom is -0.474 e. The second-order valence-corrected chi connectivity index (χ2v) is 8.08. The van der Waals surface area contributed by atoms with Gasteiger partial charge in [0, 0.05) is 38.0 Å². The van der Waals surface area contributed by atoms with E-state index in [2.05, 4.69) is 27.8 Å². The molecule has 1 fully saturated rings. The predicted molar refractivity (Wildman–Crippen MR) is 113 cm³/mol. The molecule has 4 rings (SSSR count). The maximum atomic E-state index is 12.7. The Balaban J connectivity index is 1.34. The van der Waals surface area contributed by atoms with Gasteiger partial charge in [-0.1, -0.05) is 35.9 Å². The minimum absolute atomic E-state index is 0.0189. The number of aliphatic hydroxyl groups is 1. The number of carbonyl (C=O) groups is 1. The fourth-order valence-corrected chi connectivity index (χ4v) is 4.00. The molecular weight excluding hydrogens is 406 g/mol. The Hall–Kier alpha value is -2.19. The summed E-state index contributed by atoms with van der Waals surface area (Å²) in [4.78, 5) is 16.8. The molecule has 1 saturated heterocycles. The van der Waals surface area contributed by atoms with E-state index < -0.39 is 6.10 Å². The van der Waals surface area contributed by atoms with Crippen molar-refractivity contribution in [2.45, 2.75) is 44.1 Å². The molecule has 8 heteroatoms. The maximum Gasteiger partial charge on any atom is 0.253 e. The zero-order valence-electron chi connectivity index (χ0n) is 16.6. The molecule has 160 valence electrons. The first-order chi connectivity index (χ1) is 14.6. The summed E-state index contributed by atoms with van der Waals surface area (Å²) >= 11 is 6.18. The van der Waals surface area contributed by atoms with Crippen molar-refractivity contribution in [1.29, 1.82) is 0 Å². The van der Waals surface area contributed by atoms with E-state index >= 15 is 0 Å². The van der Waals surface area contributed by atoms with Gasteiger partial charge in [0.15, 0.2) is 0 Å². The first-order valence-corrected chi connectivity index (χ1v) is 10.6. The van der Waals surface area contributed by atoms with Gasteiger partial charge in [-0.05, 0) is 17.5 Å². The highest BCUT2D eigenvalue weighted by molar-refractivity contribution is 6.33. The maximum absolute atomic E-state index is 12.7. The molecule has 0 radical (unpaired) electrons. The molecule has 0 unspecified atom stereocenters. The second-order valence-electron chi connectivity index (χ2n) is 7.67. The second kappa shape index (κ2) is 9.75. The van der Waals surface area contributed by atoms with Crippen molar-refractivity contribution >= 4 is 17.5 Å². The Bertz CT molecular complexity index is 888. The predicted octanol–water partition coefficient (Wildman–Crippen LogP) is 2.10. The molecule has 2 aliphatic rings. The number of hydrogen-bond acceptors (Lipinski definition) is 6. The van der Waals surface area contributed by atoms with Crippen LogP contribution in [0, 0.1) is 0 Å². The van der Waals surface area contributed by atoms with Gasteiger partial charge in [0.1, 0.15) is 6.10 Å². The average molecular weight is 432 g/mol. The van der Waals surface area contributed by atoms with Crippen LogP contribution in [-0.2, 0) is 17.7 Å². The summed E-state index contributed by atoms with van der Waals surface area (Å²) in [7, 11) is 0. The number of carbonyl (C=O) groups excluding carboxylic acids is 1. The number of amides is 1. The number of hydrogen-bond donors (Lipinski definition) is 3. The lowest BCUT2D eigenvalue weighted by molar-refractivity contribution is 0.0237. The van der Waals surface area contributed by atoms with E-state index in [0.29, 0.717) is 32.1 Å². The van der Waals surface area contributed by atoms with Gasteiger partial charge in [0.05, 0.1) is 36.1 Å². The lowest BCUT2D eigenvalue weighted by Gasteiger charge is -2.30. The summed E-state index contributed by atoms with van der Waals surface area (Å²) in [5.41, 5.74) is 2.74. The van der Waals surface area contributed by atoms with Crippen LogP contribution in [0.25, 0.3) is 0 Å².